The number of amides is 1. The molecule has 1 aliphatic rings. The van der Waals surface area contributed by atoms with Crippen molar-refractivity contribution in [1.29, 1.82) is 0 Å². The second-order valence-electron chi connectivity index (χ2n) is 5.03. The van der Waals surface area contributed by atoms with E-state index in [1.54, 1.807) is 7.05 Å². The Labute approximate surface area is 111 Å². The van der Waals surface area contributed by atoms with E-state index in [0.29, 0.717) is 12.4 Å². The molecule has 104 valence electrons. The fourth-order valence-electron chi connectivity index (χ4n) is 2.44. The lowest BCUT2D eigenvalue weighted by molar-refractivity contribution is 0.0154. The van der Waals surface area contributed by atoms with Crippen LogP contribution in [-0.2, 0) is 0 Å². The summed E-state index contributed by atoms with van der Waals surface area (Å²) < 4.78 is 0. The number of likely N-dealkylation sites (N-methyl/N-ethyl adjacent to an activating group) is 1. The standard InChI is InChI=1S/C12H19N5O2/c1-17(8-12(19)4-2-3-5-12)11(18)9-6-14-7-10(15-9)16-13/h6-7,19H,2-5,8,13H2,1H3,(H,15,16). The zero-order valence-corrected chi connectivity index (χ0v) is 11.0. The average Bonchev–Trinajstić information content (AvgIpc) is 2.84. The third kappa shape index (κ3) is 3.18. The number of aliphatic hydroxyl groups is 1. The van der Waals surface area contributed by atoms with E-state index in [9.17, 15) is 9.90 Å². The summed E-state index contributed by atoms with van der Waals surface area (Å²) in [5, 5.41) is 10.3. The maximum absolute atomic E-state index is 12.2. The van der Waals surface area contributed by atoms with Gasteiger partial charge >= 0.3 is 0 Å². The first kappa shape index (κ1) is 13.7. The molecular formula is C12H19N5O2. The average molecular weight is 265 g/mol. The molecule has 1 amide bonds. The lowest BCUT2D eigenvalue weighted by Crippen LogP contribution is -2.42. The van der Waals surface area contributed by atoms with Gasteiger partial charge in [0.15, 0.2) is 5.82 Å². The summed E-state index contributed by atoms with van der Waals surface area (Å²) in [4.78, 5) is 21.6. The molecule has 4 N–H and O–H groups in total. The molecule has 0 saturated heterocycles. The normalized spacial score (nSPS) is 17.2. The lowest BCUT2D eigenvalue weighted by atomic mass is 10.0. The molecule has 0 spiro atoms. The molecule has 0 radical (unpaired) electrons. The highest BCUT2D eigenvalue weighted by Gasteiger charge is 2.33. The number of aromatic nitrogens is 2. The number of nitrogens with two attached hydrogens (primary N) is 1. The molecule has 19 heavy (non-hydrogen) atoms. The van der Waals surface area contributed by atoms with Gasteiger partial charge in [-0.1, -0.05) is 12.8 Å². The lowest BCUT2D eigenvalue weighted by Gasteiger charge is -2.28. The minimum atomic E-state index is -0.762. The van der Waals surface area contributed by atoms with Crippen LogP contribution in [0.1, 0.15) is 36.2 Å². The topological polar surface area (TPSA) is 104 Å². The van der Waals surface area contributed by atoms with Crippen molar-refractivity contribution in [3.63, 3.8) is 0 Å². The van der Waals surface area contributed by atoms with Crippen molar-refractivity contribution in [2.24, 2.45) is 5.84 Å². The number of hydrazine groups is 1. The first-order chi connectivity index (χ1) is 9.04. The fourth-order valence-corrected chi connectivity index (χ4v) is 2.44. The Bertz CT molecular complexity index is 459. The van der Waals surface area contributed by atoms with Gasteiger partial charge in [0.1, 0.15) is 5.69 Å². The number of carbonyl (C=O) groups is 1. The van der Waals surface area contributed by atoms with Crippen LogP contribution in [0.25, 0.3) is 0 Å². The highest BCUT2D eigenvalue weighted by atomic mass is 16.3. The maximum Gasteiger partial charge on any atom is 0.273 e. The highest BCUT2D eigenvalue weighted by Crippen LogP contribution is 2.30. The maximum atomic E-state index is 12.2. The minimum Gasteiger partial charge on any atom is -0.388 e. The van der Waals surface area contributed by atoms with Gasteiger partial charge in [-0.3, -0.25) is 9.78 Å². The van der Waals surface area contributed by atoms with E-state index in [1.807, 2.05) is 0 Å². The van der Waals surface area contributed by atoms with Gasteiger partial charge in [-0.05, 0) is 12.8 Å². The van der Waals surface area contributed by atoms with E-state index in [1.165, 1.54) is 17.3 Å². The van der Waals surface area contributed by atoms with Gasteiger partial charge in [0.25, 0.3) is 5.91 Å². The molecule has 1 fully saturated rings. The Hall–Kier alpha value is -1.73. The van der Waals surface area contributed by atoms with E-state index in [0.717, 1.165) is 25.7 Å². The molecule has 1 aliphatic carbocycles. The van der Waals surface area contributed by atoms with Crippen LogP contribution in [0.4, 0.5) is 5.82 Å². The second kappa shape index (κ2) is 5.50. The molecule has 1 aromatic rings. The van der Waals surface area contributed by atoms with Gasteiger partial charge in [-0.2, -0.15) is 0 Å². The molecule has 1 heterocycles. The molecule has 7 heteroatoms. The molecule has 0 aliphatic heterocycles. The van der Waals surface area contributed by atoms with Gasteiger partial charge in [-0.25, -0.2) is 10.8 Å². The summed E-state index contributed by atoms with van der Waals surface area (Å²) in [7, 11) is 1.66. The SMILES string of the molecule is CN(CC1(O)CCCC1)C(=O)c1cncc(NN)n1. The number of nitrogen functional groups attached to an aromatic ring is 1. The molecule has 2 rings (SSSR count). The monoisotopic (exact) mass is 265 g/mol. The van der Waals surface area contributed by atoms with Crippen molar-refractivity contribution in [3.8, 4) is 0 Å². The molecule has 1 saturated carbocycles. The molecule has 0 bridgehead atoms. The summed E-state index contributed by atoms with van der Waals surface area (Å²) in [6.45, 7) is 0.313. The van der Waals surface area contributed by atoms with Crippen molar-refractivity contribution in [3.05, 3.63) is 18.1 Å². The smallest absolute Gasteiger partial charge is 0.273 e. The Morgan fingerprint density at radius 3 is 2.84 bits per heavy atom. The van der Waals surface area contributed by atoms with Crippen molar-refractivity contribution >= 4 is 11.7 Å². The third-order valence-corrected chi connectivity index (χ3v) is 3.41. The van der Waals surface area contributed by atoms with Crippen LogP contribution in [0.3, 0.4) is 0 Å². The molecule has 0 atom stereocenters. The van der Waals surface area contributed by atoms with Crippen molar-refractivity contribution < 1.29 is 9.90 Å². The fraction of sp³-hybridized carbons (Fsp3) is 0.583. The summed E-state index contributed by atoms with van der Waals surface area (Å²) in [5.74, 6) is 5.29. The van der Waals surface area contributed by atoms with E-state index in [4.69, 9.17) is 5.84 Å². The number of nitrogens with zero attached hydrogens (tertiary/aromatic N) is 3. The number of hydrogen-bond donors (Lipinski definition) is 3. The second-order valence-corrected chi connectivity index (χ2v) is 5.03. The zero-order chi connectivity index (χ0) is 13.9. The molecular weight excluding hydrogens is 246 g/mol. The van der Waals surface area contributed by atoms with Crippen LogP contribution in [0, 0.1) is 0 Å². The summed E-state index contributed by atoms with van der Waals surface area (Å²) in [6.07, 6.45) is 6.30. The molecule has 0 aromatic carbocycles. The van der Waals surface area contributed by atoms with Crippen molar-refractivity contribution in [2.75, 3.05) is 19.0 Å². The summed E-state index contributed by atoms with van der Waals surface area (Å²) in [5.41, 5.74) is 1.79. The van der Waals surface area contributed by atoms with Gasteiger partial charge in [0.05, 0.1) is 18.0 Å². The highest BCUT2D eigenvalue weighted by molar-refractivity contribution is 5.92. The van der Waals surface area contributed by atoms with Crippen LogP contribution < -0.4 is 11.3 Å². The molecule has 0 unspecified atom stereocenters. The van der Waals surface area contributed by atoms with Crippen LogP contribution >= 0.6 is 0 Å². The number of rotatable bonds is 4. The predicted octanol–water partition coefficient (Wildman–Crippen LogP) is 0.139. The van der Waals surface area contributed by atoms with Crippen molar-refractivity contribution in [2.45, 2.75) is 31.3 Å². The van der Waals surface area contributed by atoms with Crippen LogP contribution in [0.15, 0.2) is 12.4 Å². The van der Waals surface area contributed by atoms with Gasteiger partial charge in [-0.15, -0.1) is 0 Å². The van der Waals surface area contributed by atoms with Gasteiger partial charge in [0.2, 0.25) is 0 Å². The Morgan fingerprint density at radius 1 is 1.53 bits per heavy atom. The summed E-state index contributed by atoms with van der Waals surface area (Å²) in [6, 6.07) is 0. The predicted molar refractivity (Wildman–Crippen MR) is 70.2 cm³/mol. The molecule has 1 aromatic heterocycles. The number of nitrogens with one attached hydrogen (secondary N) is 1. The minimum absolute atomic E-state index is 0.208. The Morgan fingerprint density at radius 2 is 2.21 bits per heavy atom. The number of carbonyl (C=O) groups excluding carboxylic acids is 1. The van der Waals surface area contributed by atoms with Gasteiger partial charge in [0, 0.05) is 13.6 Å². The van der Waals surface area contributed by atoms with E-state index in [-0.39, 0.29) is 11.6 Å². The van der Waals surface area contributed by atoms with Gasteiger partial charge < -0.3 is 15.4 Å². The Balaban J connectivity index is 2.05. The molecule has 7 nitrogen and oxygen atoms in total. The van der Waals surface area contributed by atoms with Crippen molar-refractivity contribution in [1.82, 2.24) is 14.9 Å². The quantitative estimate of drug-likeness (QED) is 0.528. The van der Waals surface area contributed by atoms with E-state index >= 15 is 0 Å². The summed E-state index contributed by atoms with van der Waals surface area (Å²) >= 11 is 0. The van der Waals surface area contributed by atoms with Crippen LogP contribution in [0.2, 0.25) is 0 Å². The van der Waals surface area contributed by atoms with E-state index < -0.39 is 5.60 Å². The third-order valence-electron chi connectivity index (χ3n) is 3.41. The first-order valence-corrected chi connectivity index (χ1v) is 6.31. The van der Waals surface area contributed by atoms with Crippen LogP contribution in [0.5, 0.6) is 0 Å². The van der Waals surface area contributed by atoms with Crippen LogP contribution in [-0.4, -0.2) is 45.1 Å². The Kier molecular flexibility index (Phi) is 3.96. The first-order valence-electron chi connectivity index (χ1n) is 6.31. The zero-order valence-electron chi connectivity index (χ0n) is 11.0. The number of anilines is 1. The van der Waals surface area contributed by atoms with E-state index in [2.05, 4.69) is 15.4 Å². The number of hydrogen-bond acceptors (Lipinski definition) is 6. The largest absolute Gasteiger partial charge is 0.388 e.